The first kappa shape index (κ1) is 12.7. The van der Waals surface area contributed by atoms with Gasteiger partial charge in [0, 0.05) is 16.8 Å². The molecular weight excluding hydrogens is 242 g/mol. The van der Waals surface area contributed by atoms with Crippen LogP contribution in [0.5, 0.6) is 0 Å². The van der Waals surface area contributed by atoms with Crippen molar-refractivity contribution in [1.29, 1.82) is 0 Å². The third-order valence-electron chi connectivity index (χ3n) is 3.72. The number of hydrogen-bond acceptors (Lipinski definition) is 1. The molecule has 0 aromatic heterocycles. The molecule has 0 saturated heterocycles. The van der Waals surface area contributed by atoms with Crippen LogP contribution in [0, 0.1) is 6.92 Å². The second-order valence-electron chi connectivity index (χ2n) is 5.17. The number of anilines is 2. The molecule has 0 amide bonds. The second-order valence-corrected chi connectivity index (χ2v) is 5.17. The summed E-state index contributed by atoms with van der Waals surface area (Å²) in [6, 6.07) is 21.5. The fourth-order valence-electron chi connectivity index (χ4n) is 2.54. The lowest BCUT2D eigenvalue weighted by molar-refractivity contribution is 1.15. The lowest BCUT2D eigenvalue weighted by Gasteiger charge is -2.14. The van der Waals surface area contributed by atoms with Gasteiger partial charge in [0.25, 0.3) is 0 Å². The number of fused-ring (bicyclic) bond motifs is 1. The zero-order valence-electron chi connectivity index (χ0n) is 12.0. The summed E-state index contributed by atoms with van der Waals surface area (Å²) in [5.41, 5.74) is 5.00. The van der Waals surface area contributed by atoms with Crippen molar-refractivity contribution in [3.8, 4) is 0 Å². The molecule has 0 fully saturated rings. The Hall–Kier alpha value is -2.28. The maximum Gasteiger partial charge on any atom is 0.0496 e. The van der Waals surface area contributed by atoms with Crippen LogP contribution < -0.4 is 5.32 Å². The summed E-state index contributed by atoms with van der Waals surface area (Å²) in [5.74, 6) is 0. The van der Waals surface area contributed by atoms with Gasteiger partial charge in [-0.3, -0.25) is 0 Å². The van der Waals surface area contributed by atoms with Crippen LogP contribution in [0.1, 0.15) is 18.1 Å². The van der Waals surface area contributed by atoms with E-state index in [-0.39, 0.29) is 0 Å². The van der Waals surface area contributed by atoms with Crippen LogP contribution in [-0.4, -0.2) is 0 Å². The van der Waals surface area contributed by atoms with E-state index in [0.29, 0.717) is 0 Å². The van der Waals surface area contributed by atoms with Crippen molar-refractivity contribution in [3.63, 3.8) is 0 Å². The summed E-state index contributed by atoms with van der Waals surface area (Å²) in [6.45, 7) is 4.31. The molecule has 0 aliphatic rings. The topological polar surface area (TPSA) is 12.0 Å². The van der Waals surface area contributed by atoms with Gasteiger partial charge in [-0.15, -0.1) is 0 Å². The zero-order chi connectivity index (χ0) is 13.9. The van der Waals surface area contributed by atoms with Gasteiger partial charge in [-0.1, -0.05) is 61.0 Å². The normalized spacial score (nSPS) is 10.7. The summed E-state index contributed by atoms with van der Waals surface area (Å²) < 4.78 is 0. The van der Waals surface area contributed by atoms with Crippen molar-refractivity contribution in [3.05, 3.63) is 71.8 Å². The third-order valence-corrected chi connectivity index (χ3v) is 3.72. The maximum absolute atomic E-state index is 3.59. The molecule has 1 N–H and O–H groups in total. The van der Waals surface area contributed by atoms with Gasteiger partial charge >= 0.3 is 0 Å². The molecule has 3 aromatic carbocycles. The summed E-state index contributed by atoms with van der Waals surface area (Å²) in [5, 5.41) is 6.16. The van der Waals surface area contributed by atoms with E-state index in [1.807, 2.05) is 0 Å². The Balaban J connectivity index is 2.11. The molecule has 3 aromatic rings. The Bertz CT molecular complexity index is 726. The lowest BCUT2D eigenvalue weighted by atomic mass is 10.0. The molecule has 0 radical (unpaired) electrons. The van der Waals surface area contributed by atoms with E-state index in [9.17, 15) is 0 Å². The van der Waals surface area contributed by atoms with Gasteiger partial charge in [0.05, 0.1) is 0 Å². The Labute approximate surface area is 120 Å². The molecule has 0 atom stereocenters. The van der Waals surface area contributed by atoms with E-state index < -0.39 is 0 Å². The third kappa shape index (κ3) is 2.39. The molecule has 0 spiro atoms. The van der Waals surface area contributed by atoms with Crippen LogP contribution in [0.15, 0.2) is 60.7 Å². The fourth-order valence-corrected chi connectivity index (χ4v) is 2.54. The maximum atomic E-state index is 3.59. The number of nitrogens with one attached hydrogen (secondary N) is 1. The first-order valence-electron chi connectivity index (χ1n) is 7.12. The van der Waals surface area contributed by atoms with Crippen LogP contribution in [0.4, 0.5) is 11.4 Å². The number of rotatable bonds is 3. The first-order chi connectivity index (χ1) is 9.78. The molecule has 20 heavy (non-hydrogen) atoms. The largest absolute Gasteiger partial charge is 0.355 e. The molecule has 3 rings (SSSR count). The molecule has 1 nitrogen and oxygen atoms in total. The molecule has 0 aliphatic heterocycles. The predicted octanol–water partition coefficient (Wildman–Crippen LogP) is 5.45. The zero-order valence-corrected chi connectivity index (χ0v) is 12.0. The highest BCUT2D eigenvalue weighted by Crippen LogP contribution is 2.30. The first-order valence-corrected chi connectivity index (χ1v) is 7.12. The molecule has 0 heterocycles. The minimum Gasteiger partial charge on any atom is -0.355 e. The lowest BCUT2D eigenvalue weighted by Crippen LogP contribution is -1.96. The van der Waals surface area contributed by atoms with E-state index in [0.717, 1.165) is 12.1 Å². The summed E-state index contributed by atoms with van der Waals surface area (Å²) in [7, 11) is 0. The SMILES string of the molecule is CCc1ccc2ccccc2c1Nc1ccc(C)cc1. The van der Waals surface area contributed by atoms with Crippen molar-refractivity contribution < 1.29 is 0 Å². The van der Waals surface area contributed by atoms with E-state index >= 15 is 0 Å². The van der Waals surface area contributed by atoms with Gasteiger partial charge in [-0.05, 0) is 36.4 Å². The van der Waals surface area contributed by atoms with E-state index in [4.69, 9.17) is 0 Å². The Morgan fingerprint density at radius 3 is 2.35 bits per heavy atom. The van der Waals surface area contributed by atoms with Crippen LogP contribution in [-0.2, 0) is 6.42 Å². The Morgan fingerprint density at radius 2 is 1.60 bits per heavy atom. The molecule has 1 heteroatoms. The minimum absolute atomic E-state index is 1.03. The highest BCUT2D eigenvalue weighted by Gasteiger charge is 2.06. The van der Waals surface area contributed by atoms with Crippen LogP contribution in [0.25, 0.3) is 10.8 Å². The standard InChI is InChI=1S/C19H19N/c1-3-15-10-11-16-6-4-5-7-18(16)19(15)20-17-12-8-14(2)9-13-17/h4-13,20H,3H2,1-2H3. The van der Waals surface area contributed by atoms with Crippen molar-refractivity contribution in [1.82, 2.24) is 0 Å². The number of hydrogen-bond donors (Lipinski definition) is 1. The van der Waals surface area contributed by atoms with Gasteiger partial charge in [-0.25, -0.2) is 0 Å². The van der Waals surface area contributed by atoms with Gasteiger partial charge in [0.1, 0.15) is 0 Å². The van der Waals surface area contributed by atoms with Gasteiger partial charge in [-0.2, -0.15) is 0 Å². The highest BCUT2D eigenvalue weighted by atomic mass is 14.9. The average Bonchev–Trinajstić information content (AvgIpc) is 2.50. The molecular formula is C19H19N. The Kier molecular flexibility index (Phi) is 3.42. The van der Waals surface area contributed by atoms with Crippen molar-refractivity contribution in [2.24, 2.45) is 0 Å². The monoisotopic (exact) mass is 261 g/mol. The smallest absolute Gasteiger partial charge is 0.0496 e. The van der Waals surface area contributed by atoms with Crippen molar-refractivity contribution >= 4 is 22.1 Å². The predicted molar refractivity (Wildman–Crippen MR) is 87.8 cm³/mol. The van der Waals surface area contributed by atoms with E-state index in [1.165, 1.54) is 27.6 Å². The minimum atomic E-state index is 1.03. The Morgan fingerprint density at radius 1 is 0.850 bits per heavy atom. The van der Waals surface area contributed by atoms with E-state index in [1.54, 1.807) is 0 Å². The second kappa shape index (κ2) is 5.38. The molecule has 0 aliphatic carbocycles. The van der Waals surface area contributed by atoms with Gasteiger partial charge in [0.2, 0.25) is 0 Å². The number of benzene rings is 3. The molecule has 0 unspecified atom stereocenters. The molecule has 100 valence electrons. The molecule has 0 bridgehead atoms. The molecule has 0 saturated carbocycles. The van der Waals surface area contributed by atoms with Crippen LogP contribution in [0.3, 0.4) is 0 Å². The summed E-state index contributed by atoms with van der Waals surface area (Å²) in [6.07, 6.45) is 1.03. The van der Waals surface area contributed by atoms with E-state index in [2.05, 4.69) is 79.8 Å². The average molecular weight is 261 g/mol. The fraction of sp³-hybridized carbons (Fsp3) is 0.158. The van der Waals surface area contributed by atoms with Gasteiger partial charge < -0.3 is 5.32 Å². The summed E-state index contributed by atoms with van der Waals surface area (Å²) in [4.78, 5) is 0. The number of aryl methyl sites for hydroxylation is 2. The van der Waals surface area contributed by atoms with Crippen LogP contribution >= 0.6 is 0 Å². The quantitative estimate of drug-likeness (QED) is 0.660. The van der Waals surface area contributed by atoms with Gasteiger partial charge in [0.15, 0.2) is 0 Å². The van der Waals surface area contributed by atoms with Crippen molar-refractivity contribution in [2.75, 3.05) is 5.32 Å². The van der Waals surface area contributed by atoms with Crippen LogP contribution in [0.2, 0.25) is 0 Å². The van der Waals surface area contributed by atoms with Crippen molar-refractivity contribution in [2.45, 2.75) is 20.3 Å². The highest BCUT2D eigenvalue weighted by molar-refractivity contribution is 5.97. The summed E-state index contributed by atoms with van der Waals surface area (Å²) >= 11 is 0.